The van der Waals surface area contributed by atoms with Crippen molar-refractivity contribution in [2.24, 2.45) is 0 Å². The number of hydrogen-bond donors (Lipinski definition) is 0. The molecule has 11 aromatic rings. The first-order valence-corrected chi connectivity index (χ1v) is 18.0. The number of rotatable bonds is 5. The maximum Gasteiger partial charge on any atom is 0.227 e. The third kappa shape index (κ3) is 4.66. The van der Waals surface area contributed by atoms with Crippen molar-refractivity contribution in [3.8, 4) is 45.1 Å². The zero-order valence-corrected chi connectivity index (χ0v) is 28.6. The average molecular weight is 678 g/mol. The standard InChI is InChI=1S/C49H31N3O/c1-4-13-32(14-5-1)34-17-12-20-38(29-34)52-43-22-11-10-21-39(43)40-30-35(23-26-44(40)52)36-24-27-45-41(31-36)47-46(51(45)37-18-8-3-9-19-37)28-25-42-48(47)53-49(50-42)33-15-6-2-7-16-33/h1-31H. The highest BCUT2D eigenvalue weighted by atomic mass is 16.3. The smallest absolute Gasteiger partial charge is 0.227 e. The van der Waals surface area contributed by atoms with Gasteiger partial charge >= 0.3 is 0 Å². The maximum atomic E-state index is 6.63. The van der Waals surface area contributed by atoms with E-state index in [0.717, 1.165) is 61.0 Å². The minimum Gasteiger partial charge on any atom is -0.435 e. The Labute approximate surface area is 305 Å². The predicted octanol–water partition coefficient (Wildman–Crippen LogP) is 13.0. The van der Waals surface area contributed by atoms with E-state index in [4.69, 9.17) is 9.40 Å². The molecule has 4 nitrogen and oxygen atoms in total. The molecule has 0 aliphatic rings. The summed E-state index contributed by atoms with van der Waals surface area (Å²) in [6, 6.07) is 66.8. The monoisotopic (exact) mass is 677 g/mol. The molecule has 0 fully saturated rings. The molecule has 0 bridgehead atoms. The van der Waals surface area contributed by atoms with Crippen LogP contribution in [0.3, 0.4) is 0 Å². The lowest BCUT2D eigenvalue weighted by atomic mass is 10.0. The molecule has 0 amide bonds. The molecule has 53 heavy (non-hydrogen) atoms. The van der Waals surface area contributed by atoms with Gasteiger partial charge in [0.05, 0.1) is 27.5 Å². The van der Waals surface area contributed by atoms with Crippen LogP contribution in [0.15, 0.2) is 192 Å². The average Bonchev–Trinajstić information content (AvgIpc) is 3.92. The number of nitrogens with zero attached hydrogens (tertiary/aromatic N) is 3. The van der Waals surface area contributed by atoms with Crippen LogP contribution >= 0.6 is 0 Å². The Morgan fingerprint density at radius 1 is 0.358 bits per heavy atom. The minimum atomic E-state index is 0.626. The van der Waals surface area contributed by atoms with E-state index in [0.29, 0.717) is 5.89 Å². The molecule has 8 aromatic carbocycles. The molecule has 0 N–H and O–H groups in total. The molecule has 4 heteroatoms. The van der Waals surface area contributed by atoms with Crippen LogP contribution in [-0.2, 0) is 0 Å². The van der Waals surface area contributed by atoms with Gasteiger partial charge in [-0.05, 0) is 101 Å². The maximum absolute atomic E-state index is 6.63. The van der Waals surface area contributed by atoms with E-state index in [1.54, 1.807) is 0 Å². The second kappa shape index (κ2) is 11.7. The molecule has 0 saturated carbocycles. The van der Waals surface area contributed by atoms with Crippen LogP contribution in [0.25, 0.3) is 99.8 Å². The van der Waals surface area contributed by atoms with E-state index < -0.39 is 0 Å². The summed E-state index contributed by atoms with van der Waals surface area (Å²) in [4.78, 5) is 4.94. The van der Waals surface area contributed by atoms with Gasteiger partial charge in [0.25, 0.3) is 0 Å². The van der Waals surface area contributed by atoms with Crippen molar-refractivity contribution in [1.29, 1.82) is 0 Å². The van der Waals surface area contributed by atoms with Gasteiger partial charge in [0.1, 0.15) is 5.52 Å². The molecule has 0 spiro atoms. The van der Waals surface area contributed by atoms with Crippen LogP contribution in [-0.4, -0.2) is 14.1 Å². The molecule has 0 atom stereocenters. The number of benzene rings is 8. The lowest BCUT2D eigenvalue weighted by molar-refractivity contribution is 0.623. The van der Waals surface area contributed by atoms with Gasteiger partial charge < -0.3 is 13.6 Å². The van der Waals surface area contributed by atoms with E-state index >= 15 is 0 Å². The second-order valence-corrected chi connectivity index (χ2v) is 13.6. The molecule has 0 aliphatic carbocycles. The Morgan fingerprint density at radius 2 is 0.906 bits per heavy atom. The Hall–Kier alpha value is -7.17. The molecule has 0 aliphatic heterocycles. The molecule has 248 valence electrons. The topological polar surface area (TPSA) is 35.9 Å². The molecular weight excluding hydrogens is 647 g/mol. The molecule has 0 radical (unpaired) electrons. The summed E-state index contributed by atoms with van der Waals surface area (Å²) < 4.78 is 11.4. The Bertz CT molecular complexity index is 3150. The Kier molecular flexibility index (Phi) is 6.52. The number of hydrogen-bond acceptors (Lipinski definition) is 2. The zero-order valence-electron chi connectivity index (χ0n) is 28.6. The summed E-state index contributed by atoms with van der Waals surface area (Å²) in [7, 11) is 0. The molecule has 11 rings (SSSR count). The van der Waals surface area contributed by atoms with Crippen LogP contribution in [0, 0.1) is 0 Å². The lowest BCUT2D eigenvalue weighted by Gasteiger charge is -2.11. The highest BCUT2D eigenvalue weighted by Gasteiger charge is 2.20. The molecule has 0 saturated heterocycles. The molecule has 3 aromatic heterocycles. The van der Waals surface area contributed by atoms with E-state index in [2.05, 4.69) is 167 Å². The van der Waals surface area contributed by atoms with Gasteiger partial charge in [-0.2, -0.15) is 0 Å². The first kappa shape index (κ1) is 29.5. The number of oxazole rings is 1. The molecule has 3 heterocycles. The van der Waals surface area contributed by atoms with Gasteiger partial charge in [-0.1, -0.05) is 109 Å². The highest BCUT2D eigenvalue weighted by molar-refractivity contribution is 6.20. The lowest BCUT2D eigenvalue weighted by Crippen LogP contribution is -1.94. The van der Waals surface area contributed by atoms with Crippen LogP contribution in [0.5, 0.6) is 0 Å². The van der Waals surface area contributed by atoms with Crippen molar-refractivity contribution in [3.63, 3.8) is 0 Å². The van der Waals surface area contributed by atoms with E-state index in [-0.39, 0.29) is 0 Å². The summed E-state index contributed by atoms with van der Waals surface area (Å²) >= 11 is 0. The number of aromatic nitrogens is 3. The SMILES string of the molecule is c1ccc(-c2cccc(-n3c4ccccc4c4cc(-c5ccc6c(c5)c5c7oc(-c8ccccc8)nc7ccc5n6-c5ccccc5)ccc43)c2)cc1. The third-order valence-electron chi connectivity index (χ3n) is 10.5. The largest absolute Gasteiger partial charge is 0.435 e. The van der Waals surface area contributed by atoms with Gasteiger partial charge in [-0.15, -0.1) is 0 Å². The van der Waals surface area contributed by atoms with Crippen LogP contribution in [0.2, 0.25) is 0 Å². The Morgan fingerprint density at radius 3 is 1.68 bits per heavy atom. The summed E-state index contributed by atoms with van der Waals surface area (Å²) in [5, 5.41) is 4.64. The third-order valence-corrected chi connectivity index (χ3v) is 10.5. The molecule has 0 unspecified atom stereocenters. The summed E-state index contributed by atoms with van der Waals surface area (Å²) in [6.45, 7) is 0. The normalized spacial score (nSPS) is 11.8. The first-order valence-electron chi connectivity index (χ1n) is 18.0. The first-order chi connectivity index (χ1) is 26.3. The van der Waals surface area contributed by atoms with E-state index in [1.165, 1.54) is 32.9 Å². The van der Waals surface area contributed by atoms with Gasteiger partial charge in [0.2, 0.25) is 5.89 Å². The number of fused-ring (bicyclic) bond motifs is 8. The van der Waals surface area contributed by atoms with Crippen molar-refractivity contribution in [1.82, 2.24) is 14.1 Å². The van der Waals surface area contributed by atoms with Gasteiger partial charge in [0.15, 0.2) is 5.58 Å². The summed E-state index contributed by atoms with van der Waals surface area (Å²) in [5.74, 6) is 0.626. The van der Waals surface area contributed by atoms with Gasteiger partial charge in [0, 0.05) is 33.1 Å². The second-order valence-electron chi connectivity index (χ2n) is 13.6. The van der Waals surface area contributed by atoms with Crippen molar-refractivity contribution in [3.05, 3.63) is 188 Å². The fourth-order valence-corrected chi connectivity index (χ4v) is 8.11. The summed E-state index contributed by atoms with van der Waals surface area (Å²) in [5.41, 5.74) is 14.2. The van der Waals surface area contributed by atoms with E-state index in [1.807, 2.05) is 30.3 Å². The highest BCUT2D eigenvalue weighted by Crippen LogP contribution is 2.41. The van der Waals surface area contributed by atoms with Gasteiger partial charge in [-0.25, -0.2) is 4.98 Å². The van der Waals surface area contributed by atoms with Crippen molar-refractivity contribution < 1.29 is 4.42 Å². The summed E-state index contributed by atoms with van der Waals surface area (Å²) in [6.07, 6.45) is 0. The van der Waals surface area contributed by atoms with Crippen molar-refractivity contribution in [2.75, 3.05) is 0 Å². The van der Waals surface area contributed by atoms with Crippen LogP contribution < -0.4 is 0 Å². The zero-order chi connectivity index (χ0) is 34.9. The number of para-hydroxylation sites is 2. The Balaban J connectivity index is 1.12. The minimum absolute atomic E-state index is 0.626. The van der Waals surface area contributed by atoms with E-state index in [9.17, 15) is 0 Å². The fraction of sp³-hybridized carbons (Fsp3) is 0. The van der Waals surface area contributed by atoms with Crippen LogP contribution in [0.4, 0.5) is 0 Å². The predicted molar refractivity (Wildman–Crippen MR) is 219 cm³/mol. The van der Waals surface area contributed by atoms with Crippen LogP contribution in [0.1, 0.15) is 0 Å². The molecular formula is C49H31N3O. The van der Waals surface area contributed by atoms with Crippen molar-refractivity contribution in [2.45, 2.75) is 0 Å². The fourth-order valence-electron chi connectivity index (χ4n) is 8.11. The quantitative estimate of drug-likeness (QED) is 0.182. The van der Waals surface area contributed by atoms with Gasteiger partial charge in [-0.3, -0.25) is 0 Å². The van der Waals surface area contributed by atoms with Crippen molar-refractivity contribution >= 4 is 54.7 Å².